The molecule has 0 bridgehead atoms. The number of carbonyl (C=O) groups excluding carboxylic acids is 1. The van der Waals surface area contributed by atoms with Crippen LogP contribution in [0.3, 0.4) is 0 Å². The number of carbonyl (C=O) groups is 1. The lowest BCUT2D eigenvalue weighted by atomic mass is 9.77. The fraction of sp³-hybridized carbons (Fsp3) is 0.917. The van der Waals surface area contributed by atoms with Crippen LogP contribution in [0.4, 0.5) is 0 Å². The van der Waals surface area contributed by atoms with Gasteiger partial charge in [0.15, 0.2) is 0 Å². The van der Waals surface area contributed by atoms with E-state index in [9.17, 15) is 4.79 Å². The van der Waals surface area contributed by atoms with Crippen LogP contribution in [0.25, 0.3) is 0 Å². The van der Waals surface area contributed by atoms with Crippen LogP contribution in [0.5, 0.6) is 0 Å². The standard InChI is InChI=1S/C12H22O4/c1-4-15-9-10(2)16-12(6-5-7-12)8-11(13)14-3/h10H,4-9H2,1-3H3. The molecule has 0 amide bonds. The molecule has 1 fully saturated rings. The van der Waals surface area contributed by atoms with Gasteiger partial charge in [-0.05, 0) is 33.1 Å². The Bertz CT molecular complexity index is 223. The van der Waals surface area contributed by atoms with Gasteiger partial charge in [0, 0.05) is 6.61 Å². The first-order valence-corrected chi connectivity index (χ1v) is 5.94. The molecule has 0 radical (unpaired) electrons. The highest BCUT2D eigenvalue weighted by molar-refractivity contribution is 5.70. The van der Waals surface area contributed by atoms with Gasteiger partial charge in [-0.25, -0.2) is 0 Å². The lowest BCUT2D eigenvalue weighted by Crippen LogP contribution is -2.45. The van der Waals surface area contributed by atoms with Crippen LogP contribution < -0.4 is 0 Å². The van der Waals surface area contributed by atoms with Crippen LogP contribution in [-0.2, 0) is 19.0 Å². The van der Waals surface area contributed by atoms with E-state index in [-0.39, 0.29) is 17.7 Å². The van der Waals surface area contributed by atoms with Crippen LogP contribution in [0.15, 0.2) is 0 Å². The van der Waals surface area contributed by atoms with Crippen LogP contribution in [-0.4, -0.2) is 38.0 Å². The Balaban J connectivity index is 2.37. The second kappa shape index (κ2) is 6.21. The molecular weight excluding hydrogens is 208 g/mol. The van der Waals surface area contributed by atoms with E-state index >= 15 is 0 Å². The number of methoxy groups -OCH3 is 1. The van der Waals surface area contributed by atoms with Crippen molar-refractivity contribution < 1.29 is 19.0 Å². The van der Waals surface area contributed by atoms with Crippen molar-refractivity contribution in [1.29, 1.82) is 0 Å². The van der Waals surface area contributed by atoms with E-state index in [1.807, 2.05) is 13.8 Å². The summed E-state index contributed by atoms with van der Waals surface area (Å²) >= 11 is 0. The Hall–Kier alpha value is -0.610. The molecule has 0 heterocycles. The number of rotatable bonds is 7. The predicted octanol–water partition coefficient (Wildman–Crippen LogP) is 1.91. The normalized spacial score (nSPS) is 19.9. The molecule has 4 nitrogen and oxygen atoms in total. The van der Waals surface area contributed by atoms with Gasteiger partial charge in [-0.15, -0.1) is 0 Å². The smallest absolute Gasteiger partial charge is 0.308 e. The van der Waals surface area contributed by atoms with E-state index < -0.39 is 0 Å². The third-order valence-corrected chi connectivity index (χ3v) is 2.97. The van der Waals surface area contributed by atoms with E-state index in [2.05, 4.69) is 0 Å². The number of hydrogen-bond donors (Lipinski definition) is 0. The molecular formula is C12H22O4. The zero-order valence-electron chi connectivity index (χ0n) is 10.5. The zero-order chi connectivity index (χ0) is 12.0. The first kappa shape index (κ1) is 13.5. The van der Waals surface area contributed by atoms with Crippen LogP contribution in [0.1, 0.15) is 39.5 Å². The van der Waals surface area contributed by atoms with Gasteiger partial charge in [0.05, 0.1) is 31.8 Å². The number of esters is 1. The third-order valence-electron chi connectivity index (χ3n) is 2.97. The van der Waals surface area contributed by atoms with E-state index in [4.69, 9.17) is 14.2 Å². The molecule has 0 saturated heterocycles. The van der Waals surface area contributed by atoms with Gasteiger partial charge in [0.2, 0.25) is 0 Å². The Morgan fingerprint density at radius 2 is 2.12 bits per heavy atom. The summed E-state index contributed by atoms with van der Waals surface area (Å²) in [5.41, 5.74) is -0.288. The van der Waals surface area contributed by atoms with Crippen molar-refractivity contribution in [2.75, 3.05) is 20.3 Å². The summed E-state index contributed by atoms with van der Waals surface area (Å²) in [6.07, 6.45) is 3.40. The Labute approximate surface area is 97.2 Å². The molecule has 1 aliphatic carbocycles. The minimum absolute atomic E-state index is 0.0323. The van der Waals surface area contributed by atoms with Crippen molar-refractivity contribution in [2.24, 2.45) is 0 Å². The molecule has 1 aliphatic rings. The lowest BCUT2D eigenvalue weighted by molar-refractivity contribution is -0.173. The van der Waals surface area contributed by atoms with E-state index in [1.54, 1.807) is 0 Å². The topological polar surface area (TPSA) is 44.8 Å². The highest BCUT2D eigenvalue weighted by atomic mass is 16.6. The van der Waals surface area contributed by atoms with Crippen LogP contribution in [0, 0.1) is 0 Å². The summed E-state index contributed by atoms with van der Waals surface area (Å²) in [7, 11) is 1.42. The molecule has 0 spiro atoms. The summed E-state index contributed by atoms with van der Waals surface area (Å²) < 4.78 is 15.9. The molecule has 94 valence electrons. The lowest BCUT2D eigenvalue weighted by Gasteiger charge is -2.42. The van der Waals surface area contributed by atoms with E-state index in [0.717, 1.165) is 19.3 Å². The molecule has 1 unspecified atom stereocenters. The van der Waals surface area contributed by atoms with Crippen molar-refractivity contribution >= 4 is 5.97 Å². The van der Waals surface area contributed by atoms with Crippen molar-refractivity contribution in [1.82, 2.24) is 0 Å². The molecule has 0 N–H and O–H groups in total. The highest BCUT2D eigenvalue weighted by Gasteiger charge is 2.41. The second-order valence-electron chi connectivity index (χ2n) is 4.38. The van der Waals surface area contributed by atoms with Crippen LogP contribution in [0.2, 0.25) is 0 Å². The Morgan fingerprint density at radius 1 is 1.44 bits per heavy atom. The maximum absolute atomic E-state index is 11.3. The molecule has 1 saturated carbocycles. The minimum atomic E-state index is -0.288. The number of ether oxygens (including phenoxy) is 3. The van der Waals surface area contributed by atoms with Gasteiger partial charge < -0.3 is 14.2 Å². The summed E-state index contributed by atoms with van der Waals surface area (Å²) in [6.45, 7) is 5.21. The first-order valence-electron chi connectivity index (χ1n) is 5.94. The Morgan fingerprint density at radius 3 is 2.56 bits per heavy atom. The van der Waals surface area contributed by atoms with Gasteiger partial charge in [-0.1, -0.05) is 0 Å². The molecule has 16 heavy (non-hydrogen) atoms. The average Bonchev–Trinajstić information content (AvgIpc) is 2.23. The molecule has 0 aromatic carbocycles. The highest BCUT2D eigenvalue weighted by Crippen LogP contribution is 2.39. The molecule has 0 aromatic heterocycles. The van der Waals surface area contributed by atoms with Crippen molar-refractivity contribution in [2.45, 2.75) is 51.2 Å². The van der Waals surface area contributed by atoms with Gasteiger partial charge in [-0.2, -0.15) is 0 Å². The number of hydrogen-bond acceptors (Lipinski definition) is 4. The summed E-state index contributed by atoms with van der Waals surface area (Å²) in [6, 6.07) is 0. The van der Waals surface area contributed by atoms with E-state index in [0.29, 0.717) is 19.6 Å². The van der Waals surface area contributed by atoms with Gasteiger partial charge >= 0.3 is 5.97 Å². The minimum Gasteiger partial charge on any atom is -0.469 e. The maximum Gasteiger partial charge on any atom is 0.308 e. The monoisotopic (exact) mass is 230 g/mol. The SMILES string of the molecule is CCOCC(C)OC1(CC(=O)OC)CCC1. The second-order valence-corrected chi connectivity index (χ2v) is 4.38. The summed E-state index contributed by atoms with van der Waals surface area (Å²) in [5.74, 6) is -0.191. The zero-order valence-corrected chi connectivity index (χ0v) is 10.5. The fourth-order valence-corrected chi connectivity index (χ4v) is 1.99. The maximum atomic E-state index is 11.3. The van der Waals surface area contributed by atoms with Crippen molar-refractivity contribution in [3.63, 3.8) is 0 Å². The van der Waals surface area contributed by atoms with Gasteiger partial charge in [-0.3, -0.25) is 4.79 Å². The Kier molecular flexibility index (Phi) is 5.22. The predicted molar refractivity (Wildman–Crippen MR) is 60.3 cm³/mol. The molecule has 0 aliphatic heterocycles. The first-order chi connectivity index (χ1) is 7.62. The average molecular weight is 230 g/mol. The molecule has 1 atom stereocenters. The fourth-order valence-electron chi connectivity index (χ4n) is 1.99. The molecule has 0 aromatic rings. The van der Waals surface area contributed by atoms with Crippen LogP contribution >= 0.6 is 0 Å². The molecule has 4 heteroatoms. The summed E-state index contributed by atoms with van der Waals surface area (Å²) in [4.78, 5) is 11.3. The van der Waals surface area contributed by atoms with Crippen molar-refractivity contribution in [3.05, 3.63) is 0 Å². The quantitative estimate of drug-likeness (QED) is 0.627. The van der Waals surface area contributed by atoms with Gasteiger partial charge in [0.25, 0.3) is 0 Å². The summed E-state index contributed by atoms with van der Waals surface area (Å²) in [5, 5.41) is 0. The van der Waals surface area contributed by atoms with Crippen molar-refractivity contribution in [3.8, 4) is 0 Å². The largest absolute Gasteiger partial charge is 0.469 e. The van der Waals surface area contributed by atoms with E-state index in [1.165, 1.54) is 7.11 Å². The molecule has 1 rings (SSSR count). The third kappa shape index (κ3) is 3.76. The van der Waals surface area contributed by atoms with Gasteiger partial charge in [0.1, 0.15) is 0 Å².